The lowest BCUT2D eigenvalue weighted by Gasteiger charge is -2.17. The summed E-state index contributed by atoms with van der Waals surface area (Å²) < 4.78 is 19.9. The van der Waals surface area contributed by atoms with Crippen LogP contribution in [0.5, 0.6) is 5.75 Å². The first-order valence-electron chi connectivity index (χ1n) is 7.20. The number of rotatable bonds is 3. The highest BCUT2D eigenvalue weighted by Crippen LogP contribution is 2.40. The van der Waals surface area contributed by atoms with Crippen molar-refractivity contribution in [2.45, 2.75) is 6.92 Å². The van der Waals surface area contributed by atoms with Gasteiger partial charge in [-0.25, -0.2) is 4.39 Å². The number of benzene rings is 3. The highest BCUT2D eigenvalue weighted by Gasteiger charge is 2.18. The van der Waals surface area contributed by atoms with Gasteiger partial charge in [-0.05, 0) is 35.2 Å². The van der Waals surface area contributed by atoms with Gasteiger partial charge in [0.25, 0.3) is 0 Å². The van der Waals surface area contributed by atoms with Crippen LogP contribution in [-0.2, 0) is 0 Å². The maximum absolute atomic E-state index is 14.5. The van der Waals surface area contributed by atoms with Gasteiger partial charge in [0.1, 0.15) is 0 Å². The summed E-state index contributed by atoms with van der Waals surface area (Å²) >= 11 is 0. The predicted octanol–water partition coefficient (Wildman–Crippen LogP) is 5.48. The average Bonchev–Trinajstić information content (AvgIpc) is 2.57. The van der Waals surface area contributed by atoms with Crippen LogP contribution in [0.15, 0.2) is 66.7 Å². The Balaban J connectivity index is 2.30. The van der Waals surface area contributed by atoms with Crippen molar-refractivity contribution in [2.75, 3.05) is 7.11 Å². The molecule has 0 spiro atoms. The molecule has 0 bridgehead atoms. The minimum Gasteiger partial charge on any atom is -0.493 e. The van der Waals surface area contributed by atoms with E-state index in [9.17, 15) is 4.39 Å². The Hall–Kier alpha value is -2.61. The Labute approximate surface area is 130 Å². The van der Waals surface area contributed by atoms with Crippen molar-refractivity contribution in [3.63, 3.8) is 0 Å². The topological polar surface area (TPSA) is 9.23 Å². The van der Waals surface area contributed by atoms with Gasteiger partial charge in [0, 0.05) is 5.56 Å². The molecule has 0 radical (unpaired) electrons. The Kier molecular flexibility index (Phi) is 3.92. The quantitative estimate of drug-likeness (QED) is 0.621. The molecular weight excluding hydrogens is 275 g/mol. The average molecular weight is 292 g/mol. The minimum absolute atomic E-state index is 0.295. The van der Waals surface area contributed by atoms with Crippen LogP contribution in [0.25, 0.3) is 22.3 Å². The standard InChI is InChI=1S/C20H17FO/c1-14-17(15-9-5-3-6-10-15)13-18(21)20(22-2)19(14)16-11-7-4-8-12-16/h3-13H,1-2H3. The van der Waals surface area contributed by atoms with Crippen LogP contribution in [-0.4, -0.2) is 7.11 Å². The molecule has 0 atom stereocenters. The highest BCUT2D eigenvalue weighted by molar-refractivity contribution is 5.82. The molecule has 0 aliphatic rings. The van der Waals surface area contributed by atoms with Gasteiger partial charge in [-0.2, -0.15) is 0 Å². The van der Waals surface area contributed by atoms with E-state index in [1.54, 1.807) is 6.07 Å². The molecule has 0 saturated heterocycles. The van der Waals surface area contributed by atoms with Crippen molar-refractivity contribution in [1.29, 1.82) is 0 Å². The van der Waals surface area contributed by atoms with Crippen molar-refractivity contribution < 1.29 is 9.13 Å². The number of ether oxygens (including phenoxy) is 1. The predicted molar refractivity (Wildman–Crippen MR) is 88.6 cm³/mol. The molecule has 0 unspecified atom stereocenters. The fraction of sp³-hybridized carbons (Fsp3) is 0.100. The zero-order valence-electron chi connectivity index (χ0n) is 12.6. The van der Waals surface area contributed by atoms with Crippen LogP contribution in [0.3, 0.4) is 0 Å². The smallest absolute Gasteiger partial charge is 0.166 e. The molecular formula is C20H17FO. The van der Waals surface area contributed by atoms with Gasteiger partial charge in [-0.1, -0.05) is 60.7 Å². The lowest BCUT2D eigenvalue weighted by molar-refractivity contribution is 0.388. The molecule has 0 aliphatic heterocycles. The lowest BCUT2D eigenvalue weighted by Crippen LogP contribution is -1.97. The van der Waals surface area contributed by atoms with Gasteiger partial charge in [-0.15, -0.1) is 0 Å². The van der Waals surface area contributed by atoms with E-state index in [-0.39, 0.29) is 5.82 Å². The van der Waals surface area contributed by atoms with Gasteiger partial charge in [-0.3, -0.25) is 0 Å². The van der Waals surface area contributed by atoms with E-state index in [1.165, 1.54) is 7.11 Å². The van der Waals surface area contributed by atoms with E-state index in [0.29, 0.717) is 5.75 Å². The summed E-state index contributed by atoms with van der Waals surface area (Å²) in [4.78, 5) is 0. The highest BCUT2D eigenvalue weighted by atomic mass is 19.1. The second kappa shape index (κ2) is 6.02. The summed E-state index contributed by atoms with van der Waals surface area (Å²) in [6.45, 7) is 2.01. The molecule has 22 heavy (non-hydrogen) atoms. The number of halogens is 1. The Bertz CT molecular complexity index is 780. The molecule has 2 heteroatoms. The lowest BCUT2D eigenvalue weighted by atomic mass is 9.91. The molecule has 3 aromatic carbocycles. The number of hydrogen-bond acceptors (Lipinski definition) is 1. The zero-order valence-corrected chi connectivity index (χ0v) is 12.6. The minimum atomic E-state index is -0.342. The molecule has 110 valence electrons. The van der Waals surface area contributed by atoms with E-state index in [1.807, 2.05) is 67.6 Å². The summed E-state index contributed by atoms with van der Waals surface area (Å²) in [6, 6.07) is 21.2. The normalized spacial score (nSPS) is 10.5. The third kappa shape index (κ3) is 2.48. The van der Waals surface area contributed by atoms with Crippen LogP contribution >= 0.6 is 0 Å². The molecule has 1 nitrogen and oxygen atoms in total. The fourth-order valence-corrected chi connectivity index (χ4v) is 2.79. The molecule has 0 heterocycles. The first-order chi connectivity index (χ1) is 10.7. The largest absolute Gasteiger partial charge is 0.493 e. The zero-order chi connectivity index (χ0) is 15.5. The van der Waals surface area contributed by atoms with Gasteiger partial charge in [0.2, 0.25) is 0 Å². The van der Waals surface area contributed by atoms with Gasteiger partial charge in [0.15, 0.2) is 11.6 Å². The Morgan fingerprint density at radius 2 is 1.36 bits per heavy atom. The van der Waals surface area contributed by atoms with Crippen LogP contribution in [0, 0.1) is 12.7 Å². The first-order valence-corrected chi connectivity index (χ1v) is 7.20. The van der Waals surface area contributed by atoms with Crippen LogP contribution in [0.4, 0.5) is 4.39 Å². The van der Waals surface area contributed by atoms with Gasteiger partial charge >= 0.3 is 0 Å². The Morgan fingerprint density at radius 3 is 1.91 bits per heavy atom. The summed E-state index contributed by atoms with van der Waals surface area (Å²) in [5.74, 6) is -0.0470. The van der Waals surface area contributed by atoms with Gasteiger partial charge < -0.3 is 4.74 Å². The van der Waals surface area contributed by atoms with Gasteiger partial charge in [0.05, 0.1) is 7.11 Å². The summed E-state index contributed by atoms with van der Waals surface area (Å²) in [5, 5.41) is 0. The van der Waals surface area contributed by atoms with Crippen molar-refractivity contribution in [3.8, 4) is 28.0 Å². The number of methoxy groups -OCH3 is 1. The monoisotopic (exact) mass is 292 g/mol. The van der Waals surface area contributed by atoms with Crippen molar-refractivity contribution in [3.05, 3.63) is 78.1 Å². The summed E-state index contributed by atoms with van der Waals surface area (Å²) in [5.41, 5.74) is 4.66. The third-order valence-electron chi connectivity index (χ3n) is 3.85. The first kappa shape index (κ1) is 14.3. The van der Waals surface area contributed by atoms with Crippen LogP contribution < -0.4 is 4.74 Å². The molecule has 3 aromatic rings. The molecule has 3 rings (SSSR count). The summed E-state index contributed by atoms with van der Waals surface area (Å²) in [6.07, 6.45) is 0. The maximum Gasteiger partial charge on any atom is 0.166 e. The number of hydrogen-bond donors (Lipinski definition) is 0. The van der Waals surface area contributed by atoms with Crippen molar-refractivity contribution >= 4 is 0 Å². The molecule has 0 N–H and O–H groups in total. The maximum atomic E-state index is 14.5. The van der Waals surface area contributed by atoms with E-state index < -0.39 is 0 Å². The van der Waals surface area contributed by atoms with E-state index in [4.69, 9.17) is 4.74 Å². The summed E-state index contributed by atoms with van der Waals surface area (Å²) in [7, 11) is 1.51. The molecule has 0 saturated carbocycles. The molecule has 0 fully saturated rings. The third-order valence-corrected chi connectivity index (χ3v) is 3.85. The molecule has 0 aliphatic carbocycles. The molecule has 0 aromatic heterocycles. The van der Waals surface area contributed by atoms with E-state index in [2.05, 4.69) is 0 Å². The van der Waals surface area contributed by atoms with Crippen LogP contribution in [0.1, 0.15) is 5.56 Å². The van der Waals surface area contributed by atoms with Crippen LogP contribution in [0.2, 0.25) is 0 Å². The molecule has 0 amide bonds. The Morgan fingerprint density at radius 1 is 0.818 bits per heavy atom. The second-order valence-electron chi connectivity index (χ2n) is 5.17. The fourth-order valence-electron chi connectivity index (χ4n) is 2.79. The SMILES string of the molecule is COc1c(F)cc(-c2ccccc2)c(C)c1-c1ccccc1. The van der Waals surface area contributed by atoms with Crippen molar-refractivity contribution in [1.82, 2.24) is 0 Å². The van der Waals surface area contributed by atoms with Crippen molar-refractivity contribution in [2.24, 2.45) is 0 Å². The second-order valence-corrected chi connectivity index (χ2v) is 5.17. The van der Waals surface area contributed by atoms with E-state index in [0.717, 1.165) is 27.8 Å². The van der Waals surface area contributed by atoms with E-state index >= 15 is 0 Å².